The van der Waals surface area contributed by atoms with Crippen molar-refractivity contribution in [2.24, 2.45) is 5.73 Å². The molecule has 0 aliphatic carbocycles. The van der Waals surface area contributed by atoms with Gasteiger partial charge in [0.25, 0.3) is 5.91 Å². The molecule has 0 atom stereocenters. The topological polar surface area (TPSA) is 77.2 Å². The number of nitrogens with two attached hydrogens (primary N) is 1. The zero-order valence-electron chi connectivity index (χ0n) is 12.5. The van der Waals surface area contributed by atoms with Crippen molar-refractivity contribution in [3.05, 3.63) is 75.7 Å². The van der Waals surface area contributed by atoms with Crippen LogP contribution in [0.5, 0.6) is 0 Å². The Morgan fingerprint density at radius 2 is 1.52 bits per heavy atom. The van der Waals surface area contributed by atoms with E-state index in [0.29, 0.717) is 12.1 Å². The van der Waals surface area contributed by atoms with E-state index in [2.05, 4.69) is 0 Å². The van der Waals surface area contributed by atoms with Crippen molar-refractivity contribution < 1.29 is 30.8 Å². The van der Waals surface area contributed by atoms with Gasteiger partial charge in [0.2, 0.25) is 0 Å². The van der Waals surface area contributed by atoms with Crippen LogP contribution < -0.4 is 5.73 Å². The number of carbonyl (C=O) groups is 1. The molecule has 25 heavy (non-hydrogen) atoms. The van der Waals surface area contributed by atoms with E-state index in [1.54, 1.807) is 0 Å². The molecule has 0 saturated heterocycles. The molecule has 2 aromatic carbocycles. The molecular weight excluding hydrogens is 362 g/mol. The first-order valence-corrected chi connectivity index (χ1v) is 8.38. The number of primary amides is 1. The average Bonchev–Trinajstić information content (AvgIpc) is 2.51. The number of hydrogen-bond donors (Lipinski definition) is 1. The lowest BCUT2D eigenvalue weighted by Gasteiger charge is -2.07. The van der Waals surface area contributed by atoms with Crippen molar-refractivity contribution in [1.29, 1.82) is 0 Å². The van der Waals surface area contributed by atoms with E-state index in [0.717, 1.165) is 12.1 Å². The summed E-state index contributed by atoms with van der Waals surface area (Å²) in [4.78, 5) is 10.5. The third-order valence-corrected chi connectivity index (χ3v) is 4.88. The number of rotatable bonds is 5. The van der Waals surface area contributed by atoms with E-state index in [1.807, 2.05) is 0 Å². The summed E-state index contributed by atoms with van der Waals surface area (Å²) in [5, 5.41) is 0. The van der Waals surface area contributed by atoms with Crippen molar-refractivity contribution in [2.75, 3.05) is 0 Å². The highest BCUT2D eigenvalue weighted by Crippen LogP contribution is 2.21. The fourth-order valence-electron chi connectivity index (χ4n) is 1.98. The lowest BCUT2D eigenvalue weighted by molar-refractivity contribution is -0.113. The Bertz CT molecular complexity index is 954. The number of sulfone groups is 1. The van der Waals surface area contributed by atoms with Gasteiger partial charge >= 0.3 is 0 Å². The van der Waals surface area contributed by atoms with Crippen LogP contribution in [0.3, 0.4) is 0 Å². The van der Waals surface area contributed by atoms with Crippen molar-refractivity contribution in [3.8, 4) is 0 Å². The zero-order valence-corrected chi connectivity index (χ0v) is 13.3. The fourth-order valence-corrected chi connectivity index (χ4v) is 3.38. The van der Waals surface area contributed by atoms with Crippen LogP contribution in [0.15, 0.2) is 41.3 Å². The van der Waals surface area contributed by atoms with Crippen LogP contribution in [0.25, 0.3) is 6.08 Å². The third-order valence-electron chi connectivity index (χ3n) is 3.17. The quantitative estimate of drug-likeness (QED) is 0.497. The van der Waals surface area contributed by atoms with Gasteiger partial charge in [-0.3, -0.25) is 4.79 Å². The molecule has 9 heteroatoms. The Labute approximate surface area is 140 Å². The van der Waals surface area contributed by atoms with Gasteiger partial charge in [0.05, 0.1) is 5.75 Å². The minimum atomic E-state index is -4.34. The van der Waals surface area contributed by atoms with Gasteiger partial charge in [0.1, 0.15) is 16.5 Å². The molecule has 0 radical (unpaired) electrons. The Hall–Kier alpha value is -2.68. The normalized spacial score (nSPS) is 12.2. The molecule has 0 aliphatic heterocycles. The van der Waals surface area contributed by atoms with E-state index < -0.39 is 55.2 Å². The molecule has 0 unspecified atom stereocenters. The SMILES string of the molecule is NC(=O)/C(=C\c1cc(F)c(F)cc1F)S(=O)(=O)Cc1ccc(F)cc1. The van der Waals surface area contributed by atoms with E-state index >= 15 is 0 Å². The highest BCUT2D eigenvalue weighted by atomic mass is 32.2. The highest BCUT2D eigenvalue weighted by molar-refractivity contribution is 7.95. The summed E-state index contributed by atoms with van der Waals surface area (Å²) in [6, 6.07) is 5.03. The Morgan fingerprint density at radius 1 is 0.960 bits per heavy atom. The molecule has 2 rings (SSSR count). The number of hydrogen-bond acceptors (Lipinski definition) is 3. The zero-order chi connectivity index (χ0) is 18.8. The first-order valence-electron chi connectivity index (χ1n) is 6.73. The average molecular weight is 373 g/mol. The van der Waals surface area contributed by atoms with Gasteiger partial charge in [-0.15, -0.1) is 0 Å². The molecule has 132 valence electrons. The van der Waals surface area contributed by atoms with Crippen LogP contribution >= 0.6 is 0 Å². The molecule has 0 saturated carbocycles. The molecular formula is C16H11F4NO3S. The van der Waals surface area contributed by atoms with Crippen molar-refractivity contribution in [2.45, 2.75) is 5.75 Å². The summed E-state index contributed by atoms with van der Waals surface area (Å²) < 4.78 is 77.4. The number of amides is 1. The molecule has 4 nitrogen and oxygen atoms in total. The molecule has 2 N–H and O–H groups in total. The predicted molar refractivity (Wildman–Crippen MR) is 82.5 cm³/mol. The van der Waals surface area contributed by atoms with Gasteiger partial charge < -0.3 is 5.73 Å². The first-order chi connectivity index (χ1) is 11.6. The summed E-state index contributed by atoms with van der Waals surface area (Å²) >= 11 is 0. The van der Waals surface area contributed by atoms with E-state index in [1.165, 1.54) is 12.1 Å². The summed E-state index contributed by atoms with van der Waals surface area (Å²) in [6.45, 7) is 0. The smallest absolute Gasteiger partial charge is 0.260 e. The molecule has 0 aromatic heterocycles. The number of carbonyl (C=O) groups excluding carboxylic acids is 1. The second kappa shape index (κ2) is 7.06. The van der Waals surface area contributed by atoms with Crippen molar-refractivity contribution in [3.63, 3.8) is 0 Å². The second-order valence-electron chi connectivity index (χ2n) is 5.05. The number of halogens is 4. The highest BCUT2D eigenvalue weighted by Gasteiger charge is 2.24. The molecule has 2 aromatic rings. The van der Waals surface area contributed by atoms with Crippen LogP contribution in [-0.4, -0.2) is 14.3 Å². The summed E-state index contributed by atoms with van der Waals surface area (Å²) in [6.07, 6.45) is 0.527. The minimum Gasteiger partial charge on any atom is -0.365 e. The van der Waals surface area contributed by atoms with Crippen molar-refractivity contribution in [1.82, 2.24) is 0 Å². The third kappa shape index (κ3) is 4.44. The van der Waals surface area contributed by atoms with Crippen LogP contribution in [0.1, 0.15) is 11.1 Å². The standard InChI is InChI=1S/C16H11F4NO3S/c17-11-3-1-9(2-4-11)8-25(23,24)15(16(21)22)6-10-5-13(19)14(20)7-12(10)18/h1-7H,8H2,(H2,21,22)/b15-6+. The maximum absolute atomic E-state index is 13.7. The summed E-state index contributed by atoms with van der Waals surface area (Å²) in [5.74, 6) is -6.86. The molecule has 0 fully saturated rings. The number of benzene rings is 2. The van der Waals surface area contributed by atoms with E-state index in [9.17, 15) is 30.8 Å². The summed E-state index contributed by atoms with van der Waals surface area (Å²) in [7, 11) is -4.34. The van der Waals surface area contributed by atoms with Gasteiger partial charge in [-0.05, 0) is 29.8 Å². The largest absolute Gasteiger partial charge is 0.365 e. The molecule has 0 aliphatic rings. The van der Waals surface area contributed by atoms with Gasteiger partial charge in [-0.1, -0.05) is 12.1 Å². The van der Waals surface area contributed by atoms with Gasteiger partial charge in [-0.2, -0.15) is 0 Å². The predicted octanol–water partition coefficient (Wildman–Crippen LogP) is 2.68. The Kier molecular flexibility index (Phi) is 5.27. The van der Waals surface area contributed by atoms with Crippen molar-refractivity contribution >= 4 is 21.8 Å². The van der Waals surface area contributed by atoms with Crippen LogP contribution in [0, 0.1) is 23.3 Å². The van der Waals surface area contributed by atoms with E-state index in [4.69, 9.17) is 5.73 Å². The summed E-state index contributed by atoms with van der Waals surface area (Å²) in [5.41, 5.74) is 4.52. The maximum Gasteiger partial charge on any atom is 0.260 e. The minimum absolute atomic E-state index is 0.152. The van der Waals surface area contributed by atoms with Gasteiger partial charge in [0, 0.05) is 11.6 Å². The molecule has 0 heterocycles. The fraction of sp³-hybridized carbons (Fsp3) is 0.0625. The van der Waals surface area contributed by atoms with Crippen LogP contribution in [-0.2, 0) is 20.4 Å². The molecule has 0 spiro atoms. The van der Waals surface area contributed by atoms with Crippen LogP contribution in [0.2, 0.25) is 0 Å². The van der Waals surface area contributed by atoms with Gasteiger partial charge in [0.15, 0.2) is 21.5 Å². The molecule has 0 bridgehead atoms. The first kappa shape index (κ1) is 18.7. The van der Waals surface area contributed by atoms with E-state index in [-0.39, 0.29) is 11.6 Å². The monoisotopic (exact) mass is 373 g/mol. The lowest BCUT2D eigenvalue weighted by atomic mass is 10.2. The van der Waals surface area contributed by atoms with Crippen LogP contribution in [0.4, 0.5) is 17.6 Å². The second-order valence-corrected chi connectivity index (χ2v) is 7.00. The lowest BCUT2D eigenvalue weighted by Crippen LogP contribution is -2.22. The maximum atomic E-state index is 13.7. The Morgan fingerprint density at radius 3 is 2.08 bits per heavy atom. The van der Waals surface area contributed by atoms with Gasteiger partial charge in [-0.25, -0.2) is 26.0 Å². The molecule has 1 amide bonds. The Balaban J connectivity index is 2.48.